The molecule has 0 aliphatic heterocycles. The number of nitriles is 1. The topological polar surface area (TPSA) is 42.2 Å². The summed E-state index contributed by atoms with van der Waals surface area (Å²) in [6.07, 6.45) is 6.46. The van der Waals surface area contributed by atoms with Gasteiger partial charge < -0.3 is 9.47 Å². The van der Waals surface area contributed by atoms with Crippen LogP contribution in [-0.4, -0.2) is 13.2 Å². The van der Waals surface area contributed by atoms with Crippen LogP contribution in [-0.2, 0) is 0 Å². The second-order valence-corrected chi connectivity index (χ2v) is 5.94. The van der Waals surface area contributed by atoms with Crippen LogP contribution >= 0.6 is 0 Å². The van der Waals surface area contributed by atoms with E-state index in [4.69, 9.17) is 9.47 Å². The molecule has 3 rings (SSSR count). The highest BCUT2D eigenvalue weighted by Gasteiger charge is 2.19. The fourth-order valence-electron chi connectivity index (χ4n) is 3.14. The van der Waals surface area contributed by atoms with E-state index in [2.05, 4.69) is 6.07 Å². The van der Waals surface area contributed by atoms with Gasteiger partial charge in [0.1, 0.15) is 0 Å². The quantitative estimate of drug-likeness (QED) is 0.731. The van der Waals surface area contributed by atoms with Crippen LogP contribution in [0.2, 0.25) is 0 Å². The highest BCUT2D eigenvalue weighted by Crippen LogP contribution is 2.35. The molecule has 122 valence electrons. The van der Waals surface area contributed by atoms with E-state index >= 15 is 0 Å². The molecule has 3 heteroatoms. The first-order valence-electron chi connectivity index (χ1n) is 8.32. The van der Waals surface area contributed by atoms with Crippen molar-refractivity contribution in [2.45, 2.75) is 31.8 Å². The summed E-state index contributed by atoms with van der Waals surface area (Å²) in [5, 5.41) is 9.18. The molecule has 2 aromatic rings. The van der Waals surface area contributed by atoms with E-state index in [9.17, 15) is 5.26 Å². The van der Waals surface area contributed by atoms with Crippen molar-refractivity contribution in [1.82, 2.24) is 0 Å². The Morgan fingerprint density at radius 1 is 1.04 bits per heavy atom. The number of ether oxygens (including phenoxy) is 2. The van der Waals surface area contributed by atoms with E-state index in [0.717, 1.165) is 41.0 Å². The highest BCUT2D eigenvalue weighted by molar-refractivity contribution is 5.82. The van der Waals surface area contributed by atoms with E-state index in [0.29, 0.717) is 0 Å². The maximum atomic E-state index is 9.18. The predicted octanol–water partition coefficient (Wildman–Crippen LogP) is 4.97. The van der Waals surface area contributed by atoms with E-state index in [1.165, 1.54) is 12.8 Å². The lowest BCUT2D eigenvalue weighted by atomic mass is 9.97. The maximum Gasteiger partial charge on any atom is 0.162 e. The molecule has 0 atom stereocenters. The minimum Gasteiger partial charge on any atom is -0.493 e. The predicted molar refractivity (Wildman–Crippen MR) is 95.0 cm³/mol. The fraction of sp³-hybridized carbons (Fsp3) is 0.286. The van der Waals surface area contributed by atoms with Gasteiger partial charge in [0.25, 0.3) is 0 Å². The molecule has 0 spiro atoms. The summed E-state index contributed by atoms with van der Waals surface area (Å²) in [6.45, 7) is 0. The minimum absolute atomic E-state index is 0.259. The molecule has 1 aliphatic carbocycles. The van der Waals surface area contributed by atoms with Crippen molar-refractivity contribution < 1.29 is 9.47 Å². The molecular weight excluding hydrogens is 298 g/mol. The molecule has 0 radical (unpaired) electrons. The third-order valence-electron chi connectivity index (χ3n) is 4.36. The summed E-state index contributed by atoms with van der Waals surface area (Å²) < 4.78 is 11.6. The van der Waals surface area contributed by atoms with Crippen molar-refractivity contribution in [3.05, 3.63) is 65.7 Å². The van der Waals surface area contributed by atoms with Crippen LogP contribution in [0.15, 0.2) is 54.6 Å². The molecular formula is C21H21NO2. The summed E-state index contributed by atoms with van der Waals surface area (Å²) in [5.74, 6) is 1.48. The summed E-state index contributed by atoms with van der Waals surface area (Å²) in [4.78, 5) is 0. The van der Waals surface area contributed by atoms with Gasteiger partial charge in [-0.2, -0.15) is 5.26 Å². The molecule has 0 aromatic heterocycles. The Balaban J connectivity index is 1.97. The Bertz CT molecular complexity index is 753. The van der Waals surface area contributed by atoms with Crippen molar-refractivity contribution in [3.63, 3.8) is 0 Å². The second kappa shape index (κ2) is 7.70. The zero-order chi connectivity index (χ0) is 16.8. The Morgan fingerprint density at radius 2 is 1.79 bits per heavy atom. The van der Waals surface area contributed by atoms with Crippen molar-refractivity contribution in [1.29, 1.82) is 5.26 Å². The summed E-state index contributed by atoms with van der Waals surface area (Å²) >= 11 is 0. The van der Waals surface area contributed by atoms with Crippen LogP contribution in [0.25, 0.3) is 5.57 Å². The number of rotatable bonds is 5. The van der Waals surface area contributed by atoms with Gasteiger partial charge in [-0.1, -0.05) is 36.4 Å². The van der Waals surface area contributed by atoms with Crippen molar-refractivity contribution in [2.75, 3.05) is 7.11 Å². The lowest BCUT2D eigenvalue weighted by molar-refractivity contribution is 0.201. The smallest absolute Gasteiger partial charge is 0.162 e. The first kappa shape index (κ1) is 16.1. The summed E-state index contributed by atoms with van der Waals surface area (Å²) in [6, 6.07) is 17.9. The number of hydrogen-bond acceptors (Lipinski definition) is 3. The number of allylic oxidation sites excluding steroid dienone is 1. The Labute approximate surface area is 143 Å². The van der Waals surface area contributed by atoms with Gasteiger partial charge in [0.15, 0.2) is 11.5 Å². The van der Waals surface area contributed by atoms with Crippen molar-refractivity contribution in [2.24, 2.45) is 0 Å². The molecule has 0 amide bonds. The van der Waals surface area contributed by atoms with Crippen LogP contribution in [0, 0.1) is 11.3 Å². The van der Waals surface area contributed by atoms with Crippen molar-refractivity contribution >= 4 is 5.57 Å². The minimum atomic E-state index is 0.259. The van der Waals surface area contributed by atoms with Gasteiger partial charge in [-0.05, 0) is 54.5 Å². The number of methoxy groups -OCH3 is 1. The Kier molecular flexibility index (Phi) is 5.18. The monoisotopic (exact) mass is 319 g/mol. The first-order valence-corrected chi connectivity index (χ1v) is 8.32. The first-order chi connectivity index (χ1) is 11.8. The van der Waals surface area contributed by atoms with Gasteiger partial charge in [0, 0.05) is 6.08 Å². The molecule has 1 aliphatic rings. The van der Waals surface area contributed by atoms with E-state index < -0.39 is 0 Å². The van der Waals surface area contributed by atoms with Crippen LogP contribution < -0.4 is 9.47 Å². The normalized spacial score (nSPS) is 15.1. The summed E-state index contributed by atoms with van der Waals surface area (Å²) in [5.41, 5.74) is 2.85. The molecule has 3 nitrogen and oxygen atoms in total. The zero-order valence-electron chi connectivity index (χ0n) is 13.9. The molecule has 0 saturated heterocycles. The molecule has 0 unspecified atom stereocenters. The van der Waals surface area contributed by atoms with Crippen LogP contribution in [0.5, 0.6) is 11.5 Å². The lowest BCUT2D eigenvalue weighted by Crippen LogP contribution is -2.11. The van der Waals surface area contributed by atoms with E-state index in [1.807, 2.05) is 48.5 Å². The van der Waals surface area contributed by atoms with Crippen molar-refractivity contribution in [3.8, 4) is 17.6 Å². The molecule has 2 aromatic carbocycles. The Morgan fingerprint density at radius 3 is 2.46 bits per heavy atom. The zero-order valence-corrected chi connectivity index (χ0v) is 13.9. The van der Waals surface area contributed by atoms with Gasteiger partial charge in [-0.25, -0.2) is 0 Å². The SMILES string of the molecule is COc1ccc(C(=CC#N)c2ccccc2)cc1OC1CCCC1. The molecule has 1 fully saturated rings. The van der Waals surface area contributed by atoms with Crippen LogP contribution in [0.4, 0.5) is 0 Å². The summed E-state index contributed by atoms with van der Waals surface area (Å²) in [7, 11) is 1.65. The number of hydrogen-bond donors (Lipinski definition) is 0. The molecule has 0 N–H and O–H groups in total. The largest absolute Gasteiger partial charge is 0.493 e. The average Bonchev–Trinajstić information content (AvgIpc) is 3.13. The van der Waals surface area contributed by atoms with Gasteiger partial charge in [0.2, 0.25) is 0 Å². The molecule has 0 bridgehead atoms. The number of nitrogens with zero attached hydrogens (tertiary/aromatic N) is 1. The third kappa shape index (κ3) is 3.60. The lowest BCUT2D eigenvalue weighted by Gasteiger charge is -2.17. The third-order valence-corrected chi connectivity index (χ3v) is 4.36. The molecule has 0 heterocycles. The van der Waals surface area contributed by atoms with E-state index in [-0.39, 0.29) is 6.10 Å². The van der Waals surface area contributed by atoms with Crippen LogP contribution in [0.3, 0.4) is 0 Å². The second-order valence-electron chi connectivity index (χ2n) is 5.94. The van der Waals surface area contributed by atoms with Gasteiger partial charge in [-0.15, -0.1) is 0 Å². The molecule has 1 saturated carbocycles. The standard InChI is InChI=1S/C21H21NO2/c1-23-20-12-11-17(15-21(20)24-18-9-5-6-10-18)19(13-14-22)16-7-3-2-4-8-16/h2-4,7-8,11-13,15,18H,5-6,9-10H2,1H3. The van der Waals surface area contributed by atoms with Gasteiger partial charge >= 0.3 is 0 Å². The highest BCUT2D eigenvalue weighted by atomic mass is 16.5. The van der Waals surface area contributed by atoms with Gasteiger partial charge in [0.05, 0.1) is 19.3 Å². The maximum absolute atomic E-state index is 9.18. The average molecular weight is 319 g/mol. The van der Waals surface area contributed by atoms with Crippen LogP contribution in [0.1, 0.15) is 36.8 Å². The van der Waals surface area contributed by atoms with Gasteiger partial charge in [-0.3, -0.25) is 0 Å². The molecule has 24 heavy (non-hydrogen) atoms. The van der Waals surface area contributed by atoms with E-state index in [1.54, 1.807) is 13.2 Å². The Hall–Kier alpha value is -2.73. The fourth-order valence-corrected chi connectivity index (χ4v) is 3.14. The number of benzene rings is 2.